The van der Waals surface area contributed by atoms with Gasteiger partial charge in [0.1, 0.15) is 0 Å². The summed E-state index contributed by atoms with van der Waals surface area (Å²) in [6, 6.07) is 5.09. The highest BCUT2D eigenvalue weighted by molar-refractivity contribution is 7.92. The molecule has 0 spiro atoms. The van der Waals surface area contributed by atoms with Crippen molar-refractivity contribution in [1.82, 2.24) is 0 Å². The van der Waals surface area contributed by atoms with Crippen LogP contribution in [0.2, 0.25) is 0 Å². The van der Waals surface area contributed by atoms with Gasteiger partial charge >= 0.3 is 5.97 Å². The second kappa shape index (κ2) is 8.02. The number of aryl methyl sites for hydroxylation is 1. The summed E-state index contributed by atoms with van der Waals surface area (Å²) in [7, 11) is -1.88. The fourth-order valence-electron chi connectivity index (χ4n) is 2.57. The third kappa shape index (κ3) is 4.61. The molecule has 1 saturated carbocycles. The highest BCUT2D eigenvalue weighted by atomic mass is 35.5. The fourth-order valence-corrected chi connectivity index (χ4v) is 4.33. The van der Waals surface area contributed by atoms with Gasteiger partial charge in [0.15, 0.2) is 9.84 Å². The molecule has 7 heteroatoms. The zero-order valence-corrected chi connectivity index (χ0v) is 15.1. The SMILES string of the molecule is CCC(CCc1ccc(S(=O)(=O)C2CC2)c(N)c1)C(=O)OC.Cl. The molecule has 2 N–H and O–H groups in total. The lowest BCUT2D eigenvalue weighted by atomic mass is 9.97. The van der Waals surface area contributed by atoms with Crippen LogP contribution in [-0.4, -0.2) is 26.7 Å². The third-order valence-corrected chi connectivity index (χ3v) is 6.49. The van der Waals surface area contributed by atoms with Gasteiger partial charge in [-0.3, -0.25) is 4.79 Å². The van der Waals surface area contributed by atoms with Gasteiger partial charge in [0, 0.05) is 0 Å². The van der Waals surface area contributed by atoms with E-state index in [9.17, 15) is 13.2 Å². The number of nitrogen functional groups attached to an aromatic ring is 1. The molecule has 1 fully saturated rings. The summed E-state index contributed by atoms with van der Waals surface area (Å²) in [5, 5.41) is -0.260. The van der Waals surface area contributed by atoms with Crippen LogP contribution >= 0.6 is 12.4 Å². The van der Waals surface area contributed by atoms with Crippen LogP contribution in [0.3, 0.4) is 0 Å². The molecule has 1 aliphatic carbocycles. The minimum atomic E-state index is -3.27. The Kier molecular flexibility index (Phi) is 6.89. The summed E-state index contributed by atoms with van der Waals surface area (Å²) < 4.78 is 29.2. The second-order valence-corrected chi connectivity index (χ2v) is 7.98. The predicted octanol–water partition coefficient (Wildman–Crippen LogP) is 2.76. The molecule has 0 saturated heterocycles. The molecule has 1 unspecified atom stereocenters. The van der Waals surface area contributed by atoms with E-state index in [1.165, 1.54) is 7.11 Å². The Hall–Kier alpha value is -1.27. The third-order valence-electron chi connectivity index (χ3n) is 4.15. The Balaban J connectivity index is 0.00000264. The largest absolute Gasteiger partial charge is 0.469 e. The van der Waals surface area contributed by atoms with Gasteiger partial charge in [0.2, 0.25) is 0 Å². The zero-order chi connectivity index (χ0) is 16.3. The standard InChI is InChI=1S/C16H23NO4S.ClH/c1-3-12(16(18)21-2)6-4-11-5-9-15(14(17)10-11)22(19,20)13-7-8-13;/h5,9-10,12-13H,3-4,6-8,17H2,1-2H3;1H. The lowest BCUT2D eigenvalue weighted by Crippen LogP contribution is -2.16. The molecule has 1 aromatic rings. The minimum Gasteiger partial charge on any atom is -0.469 e. The van der Waals surface area contributed by atoms with Gasteiger partial charge in [-0.25, -0.2) is 8.42 Å². The van der Waals surface area contributed by atoms with Gasteiger partial charge in [-0.2, -0.15) is 0 Å². The first-order chi connectivity index (χ1) is 10.4. The first kappa shape index (κ1) is 19.8. The molecule has 130 valence electrons. The smallest absolute Gasteiger partial charge is 0.308 e. The van der Waals surface area contributed by atoms with Gasteiger partial charge < -0.3 is 10.5 Å². The molecular formula is C16H24ClNO4S. The van der Waals surface area contributed by atoms with E-state index in [0.29, 0.717) is 18.5 Å². The molecule has 0 aliphatic heterocycles. The van der Waals surface area contributed by atoms with E-state index < -0.39 is 9.84 Å². The van der Waals surface area contributed by atoms with Crippen molar-refractivity contribution in [2.75, 3.05) is 12.8 Å². The van der Waals surface area contributed by atoms with Crippen LogP contribution in [0.15, 0.2) is 23.1 Å². The number of rotatable bonds is 7. The molecule has 0 amide bonds. The maximum absolute atomic E-state index is 12.2. The number of anilines is 1. The monoisotopic (exact) mass is 361 g/mol. The summed E-state index contributed by atoms with van der Waals surface area (Å²) >= 11 is 0. The van der Waals surface area contributed by atoms with Crippen molar-refractivity contribution in [2.24, 2.45) is 5.92 Å². The van der Waals surface area contributed by atoms with E-state index in [2.05, 4.69) is 0 Å². The highest BCUT2D eigenvalue weighted by Gasteiger charge is 2.37. The van der Waals surface area contributed by atoms with Crippen LogP contribution in [0.1, 0.15) is 38.2 Å². The number of halogens is 1. The van der Waals surface area contributed by atoms with Crippen molar-refractivity contribution in [2.45, 2.75) is 49.2 Å². The topological polar surface area (TPSA) is 86.5 Å². The van der Waals surface area contributed by atoms with E-state index in [1.807, 2.05) is 6.92 Å². The Morgan fingerprint density at radius 2 is 2.04 bits per heavy atom. The molecule has 0 bridgehead atoms. The number of hydrogen-bond acceptors (Lipinski definition) is 5. The number of ether oxygens (including phenoxy) is 1. The fraction of sp³-hybridized carbons (Fsp3) is 0.562. The van der Waals surface area contributed by atoms with Gasteiger partial charge in [0.05, 0.1) is 28.9 Å². The maximum atomic E-state index is 12.2. The van der Waals surface area contributed by atoms with Crippen LogP contribution in [0.4, 0.5) is 5.69 Å². The minimum absolute atomic E-state index is 0. The molecule has 1 aromatic carbocycles. The van der Waals surface area contributed by atoms with Crippen LogP contribution in [0.5, 0.6) is 0 Å². The summed E-state index contributed by atoms with van der Waals surface area (Å²) in [5.74, 6) is -0.343. The molecule has 0 aromatic heterocycles. The number of benzene rings is 1. The Labute approximate surface area is 143 Å². The highest BCUT2D eigenvalue weighted by Crippen LogP contribution is 2.36. The molecule has 5 nitrogen and oxygen atoms in total. The second-order valence-electron chi connectivity index (χ2n) is 5.78. The van der Waals surface area contributed by atoms with Crippen LogP contribution in [-0.2, 0) is 25.8 Å². The maximum Gasteiger partial charge on any atom is 0.308 e. The summed E-state index contributed by atoms with van der Waals surface area (Å²) in [6.07, 6.45) is 3.50. The molecule has 0 heterocycles. The van der Waals surface area contributed by atoms with E-state index in [0.717, 1.165) is 24.8 Å². The molecular weight excluding hydrogens is 338 g/mol. The van der Waals surface area contributed by atoms with Crippen molar-refractivity contribution in [3.05, 3.63) is 23.8 Å². The quantitative estimate of drug-likeness (QED) is 0.596. The van der Waals surface area contributed by atoms with Crippen molar-refractivity contribution in [3.63, 3.8) is 0 Å². The van der Waals surface area contributed by atoms with Gasteiger partial charge in [-0.05, 0) is 49.8 Å². The summed E-state index contributed by atoms with van der Waals surface area (Å²) in [6.45, 7) is 1.95. The Bertz CT molecular complexity index is 656. The Morgan fingerprint density at radius 1 is 1.39 bits per heavy atom. The summed E-state index contributed by atoms with van der Waals surface area (Å²) in [4.78, 5) is 11.8. The van der Waals surface area contributed by atoms with E-state index in [1.54, 1.807) is 18.2 Å². The molecule has 0 radical (unpaired) electrons. The van der Waals surface area contributed by atoms with Gasteiger partial charge in [-0.1, -0.05) is 13.0 Å². The zero-order valence-electron chi connectivity index (χ0n) is 13.4. The van der Waals surface area contributed by atoms with Gasteiger partial charge in [0.25, 0.3) is 0 Å². The van der Waals surface area contributed by atoms with E-state index in [4.69, 9.17) is 10.5 Å². The number of methoxy groups -OCH3 is 1. The number of hydrogen-bond donors (Lipinski definition) is 1. The summed E-state index contributed by atoms with van der Waals surface area (Å²) in [5.41, 5.74) is 7.17. The normalized spacial score (nSPS) is 15.6. The van der Waals surface area contributed by atoms with Crippen molar-refractivity contribution in [1.29, 1.82) is 0 Å². The van der Waals surface area contributed by atoms with Crippen LogP contribution in [0.25, 0.3) is 0 Å². The van der Waals surface area contributed by atoms with Crippen molar-refractivity contribution >= 4 is 33.9 Å². The van der Waals surface area contributed by atoms with E-state index >= 15 is 0 Å². The van der Waals surface area contributed by atoms with E-state index in [-0.39, 0.29) is 34.4 Å². The Morgan fingerprint density at radius 3 is 2.52 bits per heavy atom. The lowest BCUT2D eigenvalue weighted by Gasteiger charge is -2.13. The number of carbonyl (C=O) groups excluding carboxylic acids is 1. The van der Waals surface area contributed by atoms with Crippen LogP contribution < -0.4 is 5.73 Å². The van der Waals surface area contributed by atoms with Crippen molar-refractivity contribution < 1.29 is 17.9 Å². The molecule has 1 atom stereocenters. The number of esters is 1. The first-order valence-electron chi connectivity index (χ1n) is 7.60. The molecule has 1 aliphatic rings. The number of nitrogens with two attached hydrogens (primary N) is 1. The average Bonchev–Trinajstić information content (AvgIpc) is 3.32. The average molecular weight is 362 g/mol. The number of sulfone groups is 1. The number of carbonyl (C=O) groups is 1. The van der Waals surface area contributed by atoms with Gasteiger partial charge in [-0.15, -0.1) is 12.4 Å². The van der Waals surface area contributed by atoms with Crippen LogP contribution in [0, 0.1) is 5.92 Å². The van der Waals surface area contributed by atoms with Crippen molar-refractivity contribution in [3.8, 4) is 0 Å². The lowest BCUT2D eigenvalue weighted by molar-refractivity contribution is -0.145. The first-order valence-corrected chi connectivity index (χ1v) is 9.15. The predicted molar refractivity (Wildman–Crippen MR) is 92.4 cm³/mol. The molecule has 2 rings (SSSR count). The molecule has 23 heavy (non-hydrogen) atoms.